The Balaban J connectivity index is 1.31. The number of hydrogen-bond donors (Lipinski definition) is 0. The van der Waals surface area contributed by atoms with Crippen LogP contribution >= 0.6 is 23.4 Å². The van der Waals surface area contributed by atoms with Gasteiger partial charge in [-0.3, -0.25) is 9.69 Å². The third kappa shape index (κ3) is 5.05. The molecule has 1 unspecified atom stereocenters. The normalized spacial score (nSPS) is 15.5. The Morgan fingerprint density at radius 2 is 1.76 bits per heavy atom. The van der Waals surface area contributed by atoms with E-state index in [0.717, 1.165) is 22.7 Å². The van der Waals surface area contributed by atoms with E-state index in [1.165, 1.54) is 0 Å². The number of halogens is 1. The van der Waals surface area contributed by atoms with Crippen molar-refractivity contribution in [2.24, 2.45) is 0 Å². The number of anilines is 1. The average molecular weight is 493 g/mol. The maximum atomic E-state index is 12.8. The van der Waals surface area contributed by atoms with Crippen LogP contribution < -0.4 is 14.4 Å². The highest BCUT2D eigenvalue weighted by Crippen LogP contribution is 2.43. The van der Waals surface area contributed by atoms with Crippen molar-refractivity contribution in [1.29, 1.82) is 0 Å². The molecule has 3 aromatic carbocycles. The molecule has 4 aromatic rings. The van der Waals surface area contributed by atoms with Gasteiger partial charge in [0.25, 0.3) is 0 Å². The lowest BCUT2D eigenvalue weighted by atomic mass is 10.1. The summed E-state index contributed by atoms with van der Waals surface area (Å²) in [7, 11) is 0. The van der Waals surface area contributed by atoms with Gasteiger partial charge in [-0.05, 0) is 73.2 Å². The summed E-state index contributed by atoms with van der Waals surface area (Å²) in [5.74, 6) is 3.31. The van der Waals surface area contributed by atoms with Crippen molar-refractivity contribution in [2.45, 2.75) is 18.9 Å². The Morgan fingerprint density at radius 3 is 2.47 bits per heavy atom. The van der Waals surface area contributed by atoms with Gasteiger partial charge in [0, 0.05) is 16.8 Å². The summed E-state index contributed by atoms with van der Waals surface area (Å²) in [5.41, 5.74) is 2.54. The van der Waals surface area contributed by atoms with Gasteiger partial charge in [-0.15, -0.1) is 11.8 Å². The zero-order valence-electron chi connectivity index (χ0n) is 18.3. The fourth-order valence-electron chi connectivity index (χ4n) is 3.66. The van der Waals surface area contributed by atoms with Crippen LogP contribution in [0.1, 0.15) is 22.4 Å². The molecule has 0 spiro atoms. The monoisotopic (exact) mass is 492 g/mol. The van der Waals surface area contributed by atoms with Crippen LogP contribution in [0.4, 0.5) is 5.69 Å². The topological polar surface area (TPSA) is 64.8 Å². The van der Waals surface area contributed by atoms with Gasteiger partial charge in [0.05, 0.1) is 5.75 Å². The number of hydrogen-bond acceptors (Lipinski definition) is 6. The first kappa shape index (κ1) is 22.4. The SMILES string of the molecule is Cc1cc(COc2cccc(C3SCC(=O)N3c3ccc(Oc4ccc(Cl)cc4)cc3)c2)no1. The van der Waals surface area contributed by atoms with Crippen molar-refractivity contribution in [3.05, 3.63) is 101 Å². The zero-order valence-corrected chi connectivity index (χ0v) is 19.9. The van der Waals surface area contributed by atoms with Crippen molar-refractivity contribution in [2.75, 3.05) is 10.7 Å². The number of aromatic nitrogens is 1. The van der Waals surface area contributed by atoms with Gasteiger partial charge in [0.2, 0.25) is 5.91 Å². The highest BCUT2D eigenvalue weighted by molar-refractivity contribution is 8.00. The summed E-state index contributed by atoms with van der Waals surface area (Å²) in [5, 5.41) is 4.47. The van der Waals surface area contributed by atoms with Crippen LogP contribution in [-0.4, -0.2) is 16.8 Å². The summed E-state index contributed by atoms with van der Waals surface area (Å²) in [6.07, 6.45) is 0. The zero-order chi connectivity index (χ0) is 23.5. The van der Waals surface area contributed by atoms with E-state index < -0.39 is 0 Å². The number of rotatable bonds is 7. The fourth-order valence-corrected chi connectivity index (χ4v) is 4.96. The second-order valence-electron chi connectivity index (χ2n) is 7.77. The quantitative estimate of drug-likeness (QED) is 0.283. The van der Waals surface area contributed by atoms with E-state index in [-0.39, 0.29) is 11.3 Å². The number of aryl methyl sites for hydroxylation is 1. The summed E-state index contributed by atoms with van der Waals surface area (Å²) in [6.45, 7) is 2.16. The maximum Gasteiger partial charge on any atom is 0.238 e. The van der Waals surface area contributed by atoms with Crippen LogP contribution in [0.2, 0.25) is 5.02 Å². The minimum Gasteiger partial charge on any atom is -0.487 e. The van der Waals surface area contributed by atoms with Gasteiger partial charge in [-0.2, -0.15) is 0 Å². The molecule has 0 bridgehead atoms. The number of carbonyl (C=O) groups excluding carboxylic acids is 1. The molecule has 2 heterocycles. The first-order chi connectivity index (χ1) is 16.5. The number of benzene rings is 3. The Kier molecular flexibility index (Phi) is 6.47. The Hall–Kier alpha value is -3.42. The fraction of sp³-hybridized carbons (Fsp3) is 0.154. The molecule has 1 atom stereocenters. The highest BCUT2D eigenvalue weighted by Gasteiger charge is 2.34. The third-order valence-electron chi connectivity index (χ3n) is 5.24. The van der Waals surface area contributed by atoms with E-state index in [1.807, 2.05) is 78.6 Å². The molecule has 8 heteroatoms. The van der Waals surface area contributed by atoms with E-state index in [4.69, 9.17) is 25.6 Å². The minimum atomic E-state index is -0.145. The van der Waals surface area contributed by atoms with Gasteiger partial charge in [-0.1, -0.05) is 28.9 Å². The average Bonchev–Trinajstić information content (AvgIpc) is 3.45. The molecule has 1 saturated heterocycles. The van der Waals surface area contributed by atoms with Crippen molar-refractivity contribution in [3.63, 3.8) is 0 Å². The van der Waals surface area contributed by atoms with Crippen molar-refractivity contribution < 1.29 is 18.8 Å². The number of amides is 1. The molecule has 1 fully saturated rings. The lowest BCUT2D eigenvalue weighted by Gasteiger charge is -2.25. The first-order valence-corrected chi connectivity index (χ1v) is 12.1. The molecule has 1 aliphatic rings. The Morgan fingerprint density at radius 1 is 1.03 bits per heavy atom. The Labute approximate surface area is 206 Å². The smallest absolute Gasteiger partial charge is 0.238 e. The van der Waals surface area contributed by atoms with E-state index in [9.17, 15) is 4.79 Å². The molecule has 0 saturated carbocycles. The molecule has 0 N–H and O–H groups in total. The van der Waals surface area contributed by atoms with Gasteiger partial charge < -0.3 is 14.0 Å². The van der Waals surface area contributed by atoms with Gasteiger partial charge in [-0.25, -0.2) is 0 Å². The third-order valence-corrected chi connectivity index (χ3v) is 6.70. The van der Waals surface area contributed by atoms with Gasteiger partial charge in [0.15, 0.2) is 0 Å². The molecule has 1 aliphatic heterocycles. The largest absolute Gasteiger partial charge is 0.487 e. The van der Waals surface area contributed by atoms with Crippen LogP contribution in [0.15, 0.2) is 83.4 Å². The first-order valence-electron chi connectivity index (χ1n) is 10.7. The van der Waals surface area contributed by atoms with E-state index in [1.54, 1.807) is 23.9 Å². The molecule has 172 valence electrons. The van der Waals surface area contributed by atoms with Gasteiger partial charge in [0.1, 0.15) is 40.7 Å². The summed E-state index contributed by atoms with van der Waals surface area (Å²) < 4.78 is 16.9. The minimum absolute atomic E-state index is 0.0609. The van der Waals surface area contributed by atoms with Crippen molar-refractivity contribution >= 4 is 35.0 Å². The van der Waals surface area contributed by atoms with Crippen LogP contribution in [-0.2, 0) is 11.4 Å². The molecule has 6 nitrogen and oxygen atoms in total. The van der Waals surface area contributed by atoms with Crippen molar-refractivity contribution in [1.82, 2.24) is 5.16 Å². The van der Waals surface area contributed by atoms with Crippen LogP contribution in [0.5, 0.6) is 17.2 Å². The second kappa shape index (κ2) is 9.83. The summed E-state index contributed by atoms with van der Waals surface area (Å²) in [6, 6.07) is 24.3. The van der Waals surface area contributed by atoms with E-state index in [0.29, 0.717) is 34.6 Å². The standard InChI is InChI=1S/C26H21ClN2O4S/c1-17-13-20(28-33-17)15-31-24-4-2-3-18(14-24)26-29(25(30)16-34-26)21-7-11-23(12-8-21)32-22-9-5-19(27)6-10-22/h2-14,26H,15-16H2,1H3. The Bertz CT molecular complexity index is 1290. The number of carbonyl (C=O) groups is 1. The van der Waals surface area contributed by atoms with Gasteiger partial charge >= 0.3 is 0 Å². The summed E-state index contributed by atoms with van der Waals surface area (Å²) in [4.78, 5) is 14.6. The molecular weight excluding hydrogens is 472 g/mol. The number of thioether (sulfide) groups is 1. The van der Waals surface area contributed by atoms with Crippen LogP contribution in [0, 0.1) is 6.92 Å². The lowest BCUT2D eigenvalue weighted by Crippen LogP contribution is -2.27. The molecule has 1 amide bonds. The van der Waals surface area contributed by atoms with E-state index in [2.05, 4.69) is 5.16 Å². The predicted octanol–water partition coefficient (Wildman–Crippen LogP) is 6.79. The molecule has 1 aromatic heterocycles. The molecule has 0 radical (unpaired) electrons. The lowest BCUT2D eigenvalue weighted by molar-refractivity contribution is -0.115. The van der Waals surface area contributed by atoms with Crippen LogP contribution in [0.3, 0.4) is 0 Å². The second-order valence-corrected chi connectivity index (χ2v) is 9.27. The molecule has 0 aliphatic carbocycles. The maximum absolute atomic E-state index is 12.8. The highest BCUT2D eigenvalue weighted by atomic mass is 35.5. The number of nitrogens with zero attached hydrogens (tertiary/aromatic N) is 2. The molecule has 5 rings (SSSR count). The molecule has 34 heavy (non-hydrogen) atoms. The number of ether oxygens (including phenoxy) is 2. The summed E-state index contributed by atoms with van der Waals surface area (Å²) >= 11 is 7.52. The predicted molar refractivity (Wildman–Crippen MR) is 133 cm³/mol. The molecular formula is C26H21ClN2O4S. The van der Waals surface area contributed by atoms with Crippen molar-refractivity contribution in [3.8, 4) is 17.2 Å². The van der Waals surface area contributed by atoms with Crippen LogP contribution in [0.25, 0.3) is 0 Å². The van der Waals surface area contributed by atoms with E-state index >= 15 is 0 Å².